The second-order valence-electron chi connectivity index (χ2n) is 5.07. The molecule has 1 heterocycles. The van der Waals surface area contributed by atoms with Crippen molar-refractivity contribution in [3.05, 3.63) is 42.1 Å². The van der Waals surface area contributed by atoms with E-state index < -0.39 is 0 Å². The van der Waals surface area contributed by atoms with Crippen LogP contribution in [-0.2, 0) is 11.4 Å². The fourth-order valence-electron chi connectivity index (χ4n) is 1.55. The zero-order valence-electron chi connectivity index (χ0n) is 10.5. The van der Waals surface area contributed by atoms with Crippen molar-refractivity contribution in [1.29, 1.82) is 0 Å². The van der Waals surface area contributed by atoms with E-state index >= 15 is 0 Å². The summed E-state index contributed by atoms with van der Waals surface area (Å²) in [5.74, 6) is 0. The number of pyridine rings is 1. The Bertz CT molecular complexity index is 503. The lowest BCUT2D eigenvalue weighted by atomic mass is 10.1. The second-order valence-corrected chi connectivity index (χ2v) is 5.07. The van der Waals surface area contributed by atoms with Crippen LogP contribution in [0, 0.1) is 0 Å². The van der Waals surface area contributed by atoms with E-state index in [1.54, 1.807) is 0 Å². The minimum Gasteiger partial charge on any atom is -0.296 e. The van der Waals surface area contributed by atoms with Crippen LogP contribution in [0.1, 0.15) is 26.3 Å². The molecule has 0 unspecified atom stereocenters. The van der Waals surface area contributed by atoms with Gasteiger partial charge >= 0.3 is 0 Å². The average molecular weight is 230 g/mol. The Morgan fingerprint density at radius 2 is 2.00 bits per heavy atom. The van der Waals surface area contributed by atoms with Crippen LogP contribution in [0.25, 0.3) is 10.9 Å². The zero-order valence-corrected chi connectivity index (χ0v) is 10.5. The summed E-state index contributed by atoms with van der Waals surface area (Å²) in [6.07, 6.45) is 1.88. The number of rotatable bonds is 3. The van der Waals surface area contributed by atoms with E-state index in [1.807, 2.05) is 45.2 Å². The number of aromatic nitrogens is 1. The minimum atomic E-state index is -0.176. The molecule has 0 radical (unpaired) electrons. The summed E-state index contributed by atoms with van der Waals surface area (Å²) in [6.45, 7) is 6.70. The van der Waals surface area contributed by atoms with Crippen LogP contribution in [0.2, 0.25) is 0 Å². The van der Waals surface area contributed by atoms with Gasteiger partial charge in [-0.1, -0.05) is 18.2 Å². The first-order valence-electron chi connectivity index (χ1n) is 5.79. The van der Waals surface area contributed by atoms with Gasteiger partial charge in [-0.3, -0.25) is 9.82 Å². The third kappa shape index (κ3) is 3.51. The van der Waals surface area contributed by atoms with Gasteiger partial charge in [-0.2, -0.15) is 5.48 Å². The van der Waals surface area contributed by atoms with Crippen molar-refractivity contribution in [1.82, 2.24) is 10.5 Å². The van der Waals surface area contributed by atoms with Gasteiger partial charge in [-0.05, 0) is 38.5 Å². The van der Waals surface area contributed by atoms with Crippen LogP contribution in [-0.4, -0.2) is 10.6 Å². The number of benzene rings is 1. The molecular weight excluding hydrogens is 212 g/mol. The Balaban J connectivity index is 2.04. The summed E-state index contributed by atoms with van der Waals surface area (Å²) >= 11 is 0. The minimum absolute atomic E-state index is 0.176. The summed E-state index contributed by atoms with van der Waals surface area (Å²) in [5.41, 5.74) is 4.93. The third-order valence-electron chi connectivity index (χ3n) is 2.30. The Hall–Kier alpha value is -1.45. The monoisotopic (exact) mass is 230 g/mol. The lowest BCUT2D eigenvalue weighted by molar-refractivity contribution is -0.0757. The molecule has 0 saturated heterocycles. The van der Waals surface area contributed by atoms with Gasteiger partial charge in [0.25, 0.3) is 0 Å². The standard InChI is InChI=1S/C14H18N2O/c1-14(2,3)17-16-10-11-8-12-6-4-5-7-13(12)15-9-11/h4-9,16H,10H2,1-3H3. The summed E-state index contributed by atoms with van der Waals surface area (Å²) in [7, 11) is 0. The SMILES string of the molecule is CC(C)(C)ONCc1cnc2ccccc2c1. The topological polar surface area (TPSA) is 34.1 Å². The number of nitrogens with one attached hydrogen (secondary N) is 1. The number of para-hydroxylation sites is 1. The molecule has 1 aromatic carbocycles. The molecule has 0 atom stereocenters. The van der Waals surface area contributed by atoms with Crippen molar-refractivity contribution in [3.8, 4) is 0 Å². The molecule has 90 valence electrons. The fourth-order valence-corrected chi connectivity index (χ4v) is 1.55. The lowest BCUT2D eigenvalue weighted by Crippen LogP contribution is -2.28. The third-order valence-corrected chi connectivity index (χ3v) is 2.30. The predicted molar refractivity (Wildman–Crippen MR) is 69.4 cm³/mol. The summed E-state index contributed by atoms with van der Waals surface area (Å²) in [5, 5.41) is 1.16. The van der Waals surface area contributed by atoms with Crippen molar-refractivity contribution in [2.45, 2.75) is 32.9 Å². The quantitative estimate of drug-likeness (QED) is 0.823. The highest BCUT2D eigenvalue weighted by molar-refractivity contribution is 5.78. The van der Waals surface area contributed by atoms with Crippen LogP contribution >= 0.6 is 0 Å². The molecule has 0 aliphatic carbocycles. The number of hydrogen-bond donors (Lipinski definition) is 1. The zero-order chi connectivity index (χ0) is 12.3. The van der Waals surface area contributed by atoms with Gasteiger partial charge in [0.2, 0.25) is 0 Å². The van der Waals surface area contributed by atoms with Crippen LogP contribution in [0.5, 0.6) is 0 Å². The molecule has 0 aliphatic heterocycles. The van der Waals surface area contributed by atoms with E-state index in [2.05, 4.69) is 22.6 Å². The number of fused-ring (bicyclic) bond motifs is 1. The normalized spacial score (nSPS) is 11.9. The van der Waals surface area contributed by atoms with Gasteiger partial charge in [-0.15, -0.1) is 0 Å². The van der Waals surface area contributed by atoms with Crippen LogP contribution < -0.4 is 5.48 Å². The Kier molecular flexibility index (Phi) is 3.41. The highest BCUT2D eigenvalue weighted by Gasteiger charge is 2.09. The van der Waals surface area contributed by atoms with Gasteiger partial charge < -0.3 is 0 Å². The number of nitrogens with zero attached hydrogens (tertiary/aromatic N) is 1. The molecule has 0 fully saturated rings. The van der Waals surface area contributed by atoms with Crippen LogP contribution in [0.4, 0.5) is 0 Å². The lowest BCUT2D eigenvalue weighted by Gasteiger charge is -2.19. The van der Waals surface area contributed by atoms with E-state index in [0.717, 1.165) is 16.5 Å². The molecule has 3 heteroatoms. The molecule has 3 nitrogen and oxygen atoms in total. The smallest absolute Gasteiger partial charge is 0.0813 e. The van der Waals surface area contributed by atoms with Gasteiger partial charge in [0.15, 0.2) is 0 Å². The molecule has 0 bridgehead atoms. The fraction of sp³-hybridized carbons (Fsp3) is 0.357. The molecule has 0 spiro atoms. The van der Waals surface area contributed by atoms with Crippen molar-refractivity contribution in [2.24, 2.45) is 0 Å². The van der Waals surface area contributed by atoms with Crippen LogP contribution in [0.3, 0.4) is 0 Å². The maximum Gasteiger partial charge on any atom is 0.0813 e. The Labute approximate surface area is 102 Å². The second kappa shape index (κ2) is 4.82. The maximum absolute atomic E-state index is 5.47. The maximum atomic E-state index is 5.47. The van der Waals surface area contributed by atoms with Crippen molar-refractivity contribution in [2.75, 3.05) is 0 Å². The van der Waals surface area contributed by atoms with Crippen molar-refractivity contribution < 1.29 is 4.84 Å². The molecule has 0 amide bonds. The average Bonchev–Trinajstić information content (AvgIpc) is 2.27. The first-order chi connectivity index (χ1) is 8.04. The van der Waals surface area contributed by atoms with E-state index in [-0.39, 0.29) is 5.60 Å². The molecule has 1 aromatic heterocycles. The summed E-state index contributed by atoms with van der Waals surface area (Å²) < 4.78 is 0. The molecule has 2 rings (SSSR count). The van der Waals surface area contributed by atoms with E-state index in [1.165, 1.54) is 0 Å². The van der Waals surface area contributed by atoms with Gasteiger partial charge in [0, 0.05) is 18.1 Å². The summed E-state index contributed by atoms with van der Waals surface area (Å²) in [6, 6.07) is 10.2. The van der Waals surface area contributed by atoms with Crippen molar-refractivity contribution in [3.63, 3.8) is 0 Å². The summed E-state index contributed by atoms with van der Waals surface area (Å²) in [4.78, 5) is 9.87. The van der Waals surface area contributed by atoms with E-state index in [4.69, 9.17) is 4.84 Å². The van der Waals surface area contributed by atoms with E-state index in [0.29, 0.717) is 6.54 Å². The first kappa shape index (κ1) is 12.0. The molecule has 17 heavy (non-hydrogen) atoms. The van der Waals surface area contributed by atoms with Gasteiger partial charge in [0.1, 0.15) is 0 Å². The highest BCUT2D eigenvalue weighted by atomic mass is 16.7. The molecular formula is C14H18N2O. The van der Waals surface area contributed by atoms with Gasteiger partial charge in [0.05, 0.1) is 11.1 Å². The van der Waals surface area contributed by atoms with Crippen molar-refractivity contribution >= 4 is 10.9 Å². The van der Waals surface area contributed by atoms with E-state index in [9.17, 15) is 0 Å². The largest absolute Gasteiger partial charge is 0.296 e. The molecule has 0 saturated carbocycles. The Morgan fingerprint density at radius 1 is 1.24 bits per heavy atom. The molecule has 0 aliphatic rings. The number of hydroxylamine groups is 1. The number of hydrogen-bond acceptors (Lipinski definition) is 3. The van der Waals surface area contributed by atoms with Crippen LogP contribution in [0.15, 0.2) is 36.5 Å². The Morgan fingerprint density at radius 3 is 2.76 bits per heavy atom. The molecule has 2 aromatic rings. The molecule has 1 N–H and O–H groups in total. The van der Waals surface area contributed by atoms with Gasteiger partial charge in [-0.25, -0.2) is 0 Å². The first-order valence-corrected chi connectivity index (χ1v) is 5.79. The highest BCUT2D eigenvalue weighted by Crippen LogP contribution is 2.13. The predicted octanol–water partition coefficient (Wildman–Crippen LogP) is 3.05.